The molecule has 12 aromatic carbocycles. The second-order valence-corrected chi connectivity index (χ2v) is 36.5. The SMILES string of the molecule is CC1CCC(OC2CCC(C)C(C)C2)CC1C.Cc1ccc(C#Cc2ccc(C)c(C)c2)cc1C.Cc1ccc(C=CC(=O)c2ccc(C)c(C)c2)cc1C.Cc1ccc(C=Cc2ccc(C)c(C)c2)cc1C.Cc1ccc(Cc2ccc(C)c(C)c2)cc1C.Cc1ccc(N=Nc2ccc(C)c(C)c2)cc1C.Cc1ccc(Oc2ccc(C)c(C)c2)cc1C. The third-order valence-corrected chi connectivity index (χ3v) is 26.1. The zero-order valence-electron chi connectivity index (χ0n) is 81.1. The van der Waals surface area contributed by atoms with Gasteiger partial charge in [0, 0.05) is 16.7 Å². The average Bonchev–Trinajstić information content (AvgIpc) is 0.862. The Morgan fingerprint density at radius 2 is 0.576 bits per heavy atom. The number of carbonyl (C=O) groups is 1. The van der Waals surface area contributed by atoms with Gasteiger partial charge in [-0.1, -0.05) is 197 Å². The van der Waals surface area contributed by atoms with E-state index >= 15 is 0 Å². The summed E-state index contributed by atoms with van der Waals surface area (Å²) in [6.07, 6.45) is 17.9. The Hall–Kier alpha value is -11.3. The Morgan fingerprint density at radius 1 is 0.288 bits per heavy atom. The lowest BCUT2D eigenvalue weighted by atomic mass is 9.78. The molecule has 0 saturated heterocycles. The third kappa shape index (κ3) is 32.3. The van der Waals surface area contributed by atoms with Crippen molar-refractivity contribution in [3.63, 3.8) is 0 Å². The normalized spacial score (nSPS) is 15.7. The molecule has 2 saturated carbocycles. The lowest BCUT2D eigenvalue weighted by Crippen LogP contribution is -2.34. The van der Waals surface area contributed by atoms with Crippen LogP contribution in [0.3, 0.4) is 0 Å². The molecule has 0 bridgehead atoms. The molecule has 14 rings (SSSR count). The van der Waals surface area contributed by atoms with Crippen molar-refractivity contribution in [2.45, 2.75) is 251 Å². The highest BCUT2D eigenvalue weighted by molar-refractivity contribution is 6.07. The first-order chi connectivity index (χ1) is 59.3. The summed E-state index contributed by atoms with van der Waals surface area (Å²) in [4.78, 5) is 12.1. The minimum absolute atomic E-state index is 0.0475. The number of carbonyl (C=O) groups excluding carboxylic acids is 1. The number of ketones is 1. The van der Waals surface area contributed by atoms with E-state index in [1.807, 2.05) is 61.5 Å². The summed E-state index contributed by atoms with van der Waals surface area (Å²) < 4.78 is 12.2. The van der Waals surface area contributed by atoms with Crippen LogP contribution < -0.4 is 4.74 Å². The highest BCUT2D eigenvalue weighted by Gasteiger charge is 2.31. The molecule has 0 aliphatic heterocycles. The molecule has 6 atom stereocenters. The van der Waals surface area contributed by atoms with Gasteiger partial charge in [0.15, 0.2) is 5.78 Å². The van der Waals surface area contributed by atoms with Crippen molar-refractivity contribution in [2.24, 2.45) is 33.9 Å². The van der Waals surface area contributed by atoms with E-state index in [0.29, 0.717) is 12.2 Å². The van der Waals surface area contributed by atoms with E-state index in [0.717, 1.165) is 80.8 Å². The average molecular weight is 1660 g/mol. The summed E-state index contributed by atoms with van der Waals surface area (Å²) in [5.41, 5.74) is 42.2. The largest absolute Gasteiger partial charge is 0.457 e. The fraction of sp³-hybridized carbons (Fsp3) is 0.342. The molecule has 5 nitrogen and oxygen atoms in total. The number of benzene rings is 12. The van der Waals surface area contributed by atoms with Gasteiger partial charge in [-0.3, -0.25) is 4.79 Å². The monoisotopic (exact) mass is 1660 g/mol. The van der Waals surface area contributed by atoms with Crippen molar-refractivity contribution < 1.29 is 14.3 Å². The topological polar surface area (TPSA) is 60.2 Å². The van der Waals surface area contributed by atoms with Gasteiger partial charge in [-0.25, -0.2) is 0 Å². The third-order valence-electron chi connectivity index (χ3n) is 26.1. The molecule has 2 aliphatic carbocycles. The number of ether oxygens (including phenoxy) is 2. The number of nitrogens with zero attached hydrogens (tertiary/aromatic N) is 2. The van der Waals surface area contributed by atoms with Crippen LogP contribution in [0.2, 0.25) is 0 Å². The van der Waals surface area contributed by atoms with Crippen LogP contribution in [0.5, 0.6) is 11.5 Å². The van der Waals surface area contributed by atoms with Gasteiger partial charge in [0.2, 0.25) is 0 Å². The van der Waals surface area contributed by atoms with Crippen LogP contribution in [0.1, 0.15) is 249 Å². The lowest BCUT2D eigenvalue weighted by molar-refractivity contribution is -0.0731. The van der Waals surface area contributed by atoms with E-state index in [9.17, 15) is 4.79 Å². The Balaban J connectivity index is 0.000000181. The predicted molar refractivity (Wildman–Crippen MR) is 539 cm³/mol. The molecule has 652 valence electrons. The summed E-state index contributed by atoms with van der Waals surface area (Å²) in [5, 5.41) is 8.55. The van der Waals surface area contributed by atoms with Gasteiger partial charge in [-0.05, 0) is 481 Å². The number of rotatable bonds is 13. The summed E-state index contributed by atoms with van der Waals surface area (Å²) in [7, 11) is 0. The molecular formula is C120H144N2O3. The Bertz CT molecular complexity index is 5290. The van der Waals surface area contributed by atoms with Crippen molar-refractivity contribution in [2.75, 3.05) is 0 Å². The van der Waals surface area contributed by atoms with Crippen LogP contribution in [0.25, 0.3) is 18.2 Å². The molecule has 6 unspecified atom stereocenters. The Morgan fingerprint density at radius 3 is 0.896 bits per heavy atom. The summed E-state index contributed by atoms with van der Waals surface area (Å²) in [6, 6.07) is 76.0. The van der Waals surface area contributed by atoms with E-state index in [2.05, 4.69) is 391 Å². The molecule has 2 fully saturated rings. The van der Waals surface area contributed by atoms with Gasteiger partial charge in [0.1, 0.15) is 11.5 Å². The van der Waals surface area contributed by atoms with Gasteiger partial charge >= 0.3 is 0 Å². The quantitative estimate of drug-likeness (QED) is 0.0380. The molecule has 0 N–H and O–H groups in total. The second-order valence-electron chi connectivity index (χ2n) is 36.5. The van der Waals surface area contributed by atoms with Crippen LogP contribution in [-0.4, -0.2) is 18.0 Å². The van der Waals surface area contributed by atoms with Gasteiger partial charge < -0.3 is 9.47 Å². The van der Waals surface area contributed by atoms with Gasteiger partial charge in [0.05, 0.1) is 23.6 Å². The van der Waals surface area contributed by atoms with E-state index in [1.54, 1.807) is 6.08 Å². The van der Waals surface area contributed by atoms with Crippen molar-refractivity contribution >= 4 is 35.4 Å². The fourth-order valence-corrected chi connectivity index (χ4v) is 14.7. The molecule has 0 amide bonds. The molecule has 12 aromatic rings. The first kappa shape index (κ1) is 99.1. The van der Waals surface area contributed by atoms with Crippen molar-refractivity contribution in [1.29, 1.82) is 0 Å². The molecule has 0 radical (unpaired) electrons. The number of hydrogen-bond donors (Lipinski definition) is 0. The minimum atomic E-state index is 0.0475. The maximum Gasteiger partial charge on any atom is 0.185 e. The van der Waals surface area contributed by atoms with Crippen LogP contribution in [0.4, 0.5) is 11.4 Å². The van der Waals surface area contributed by atoms with Crippen LogP contribution >= 0.6 is 0 Å². The molecule has 0 heterocycles. The molecule has 2 aliphatic rings. The zero-order valence-corrected chi connectivity index (χ0v) is 81.1. The molecule has 5 heteroatoms. The van der Waals surface area contributed by atoms with Crippen LogP contribution in [-0.2, 0) is 11.2 Å². The fourth-order valence-electron chi connectivity index (χ4n) is 14.7. The lowest BCUT2D eigenvalue weighted by Gasteiger charge is -2.38. The predicted octanol–water partition coefficient (Wildman–Crippen LogP) is 33.4. The minimum Gasteiger partial charge on any atom is -0.457 e. The molecule has 0 spiro atoms. The standard InChI is InChI=1S/C19H20O.C18H20.C18H18.C17H20.C16H18N2.C16H30O.C16H18O/c1-13-5-7-17(11-15(13)3)8-10-19(20)18-9-6-14(2)16(4)12-18;2*1-13-5-7-17(11-15(13)3)9-10-18-8-6-14(2)16(4)12-18;1-12-5-7-16(9-14(12)3)11-17-8-6-13(2)15(4)10-17;1-11-5-7-15(9-13(11)3)17-18-16-8-6-12(2)14(4)10-16;2*1-11-5-7-15(9-13(11)3)17-16-8-6-12(2)14(4)10-16/h5-12H,1-4H3;5-12H,1-4H3;5-8,11-12H,1-4H3;5-10H,11H2,1-4H3;5-10H,1-4H3;11-16H,5-10H2,1-4H3;5-10H,1-4H3. The highest BCUT2D eigenvalue weighted by Crippen LogP contribution is 2.37. The second kappa shape index (κ2) is 48.3. The van der Waals surface area contributed by atoms with Crippen molar-refractivity contribution in [1.82, 2.24) is 0 Å². The van der Waals surface area contributed by atoms with E-state index in [4.69, 9.17) is 9.47 Å². The Kier molecular flexibility index (Phi) is 38.3. The Labute approximate surface area is 755 Å². The van der Waals surface area contributed by atoms with Crippen molar-refractivity contribution in [3.8, 4) is 23.3 Å². The van der Waals surface area contributed by atoms with Gasteiger partial charge in [-0.15, -0.1) is 0 Å². The number of hydrogen-bond acceptors (Lipinski definition) is 5. The van der Waals surface area contributed by atoms with Crippen LogP contribution in [0.15, 0.2) is 235 Å². The van der Waals surface area contributed by atoms with Crippen LogP contribution in [0, 0.1) is 202 Å². The number of azo groups is 1. The molecule has 0 aromatic heterocycles. The molecule has 125 heavy (non-hydrogen) atoms. The van der Waals surface area contributed by atoms with E-state index < -0.39 is 0 Å². The van der Waals surface area contributed by atoms with E-state index in [1.165, 1.54) is 189 Å². The summed E-state index contributed by atoms with van der Waals surface area (Å²) in [6.45, 7) is 60.4. The number of aryl methyl sites for hydroxylation is 24. The first-order valence-electron chi connectivity index (χ1n) is 45.4. The zero-order chi connectivity index (χ0) is 91.3. The summed E-state index contributed by atoms with van der Waals surface area (Å²) in [5.74, 6) is 11.8. The maximum atomic E-state index is 12.1. The van der Waals surface area contributed by atoms with Gasteiger partial charge in [0.25, 0.3) is 0 Å². The van der Waals surface area contributed by atoms with E-state index in [-0.39, 0.29) is 5.78 Å². The van der Waals surface area contributed by atoms with Gasteiger partial charge in [-0.2, -0.15) is 10.2 Å². The highest BCUT2D eigenvalue weighted by atomic mass is 16.5. The smallest absolute Gasteiger partial charge is 0.185 e. The number of allylic oxidation sites excluding steroid dienone is 1. The molecular weight excluding hydrogens is 1520 g/mol. The first-order valence-corrected chi connectivity index (χ1v) is 45.4. The maximum absolute atomic E-state index is 12.1. The summed E-state index contributed by atoms with van der Waals surface area (Å²) >= 11 is 0. The van der Waals surface area contributed by atoms with Crippen molar-refractivity contribution in [3.05, 3.63) is 402 Å².